The molecule has 0 saturated carbocycles. The van der Waals surface area contributed by atoms with Gasteiger partial charge in [0.15, 0.2) is 11.5 Å². The SMILES string of the molecule is COc1cccc2c1OCCN(C(C)C)C2. The summed E-state index contributed by atoms with van der Waals surface area (Å²) < 4.78 is 11.1. The summed E-state index contributed by atoms with van der Waals surface area (Å²) in [5.41, 5.74) is 1.21. The van der Waals surface area contributed by atoms with Gasteiger partial charge in [-0.2, -0.15) is 0 Å². The van der Waals surface area contributed by atoms with Gasteiger partial charge in [0.2, 0.25) is 0 Å². The first-order chi connectivity index (χ1) is 7.72. The zero-order valence-corrected chi connectivity index (χ0v) is 10.2. The number of ether oxygens (including phenoxy) is 2. The summed E-state index contributed by atoms with van der Waals surface area (Å²) in [6.45, 7) is 7.06. The highest BCUT2D eigenvalue weighted by Gasteiger charge is 2.19. The molecule has 1 aromatic rings. The molecule has 16 heavy (non-hydrogen) atoms. The highest BCUT2D eigenvalue weighted by molar-refractivity contribution is 5.47. The van der Waals surface area contributed by atoms with Crippen molar-refractivity contribution in [1.29, 1.82) is 0 Å². The first kappa shape index (κ1) is 11.3. The van der Waals surface area contributed by atoms with Crippen molar-refractivity contribution in [3.63, 3.8) is 0 Å². The van der Waals surface area contributed by atoms with Crippen molar-refractivity contribution in [2.24, 2.45) is 0 Å². The monoisotopic (exact) mass is 221 g/mol. The van der Waals surface area contributed by atoms with Crippen molar-refractivity contribution in [2.45, 2.75) is 26.4 Å². The van der Waals surface area contributed by atoms with E-state index in [-0.39, 0.29) is 0 Å². The second-order valence-electron chi connectivity index (χ2n) is 4.36. The van der Waals surface area contributed by atoms with E-state index >= 15 is 0 Å². The van der Waals surface area contributed by atoms with E-state index in [9.17, 15) is 0 Å². The number of hydrogen-bond donors (Lipinski definition) is 0. The fourth-order valence-corrected chi connectivity index (χ4v) is 2.01. The molecule has 0 aromatic heterocycles. The molecule has 3 heteroatoms. The quantitative estimate of drug-likeness (QED) is 0.765. The first-order valence-electron chi connectivity index (χ1n) is 5.75. The maximum Gasteiger partial charge on any atom is 0.165 e. The zero-order chi connectivity index (χ0) is 11.5. The van der Waals surface area contributed by atoms with Crippen LogP contribution in [-0.2, 0) is 6.54 Å². The van der Waals surface area contributed by atoms with Crippen LogP contribution in [0.25, 0.3) is 0 Å². The number of nitrogens with zero attached hydrogens (tertiary/aromatic N) is 1. The Kier molecular flexibility index (Phi) is 3.34. The molecule has 88 valence electrons. The van der Waals surface area contributed by atoms with Crippen LogP contribution in [0, 0.1) is 0 Å². The summed E-state index contributed by atoms with van der Waals surface area (Å²) in [6.07, 6.45) is 0. The summed E-state index contributed by atoms with van der Waals surface area (Å²) in [7, 11) is 1.68. The van der Waals surface area contributed by atoms with Crippen molar-refractivity contribution in [2.75, 3.05) is 20.3 Å². The van der Waals surface area contributed by atoms with Crippen molar-refractivity contribution in [3.05, 3.63) is 23.8 Å². The Bertz CT molecular complexity index is 363. The average molecular weight is 221 g/mol. The van der Waals surface area contributed by atoms with E-state index < -0.39 is 0 Å². The second kappa shape index (κ2) is 4.74. The maximum absolute atomic E-state index is 5.78. The van der Waals surface area contributed by atoms with Gasteiger partial charge in [0, 0.05) is 24.7 Å². The summed E-state index contributed by atoms with van der Waals surface area (Å²) in [5.74, 6) is 1.75. The first-order valence-corrected chi connectivity index (χ1v) is 5.75. The Morgan fingerprint density at radius 3 is 2.88 bits per heavy atom. The van der Waals surface area contributed by atoms with E-state index in [0.29, 0.717) is 6.04 Å². The summed E-state index contributed by atoms with van der Waals surface area (Å²) in [5, 5.41) is 0. The molecule has 1 aliphatic rings. The number of fused-ring (bicyclic) bond motifs is 1. The van der Waals surface area contributed by atoms with Crippen molar-refractivity contribution in [3.8, 4) is 11.5 Å². The number of para-hydroxylation sites is 1. The minimum absolute atomic E-state index is 0.542. The van der Waals surface area contributed by atoms with Crippen LogP contribution in [0.1, 0.15) is 19.4 Å². The van der Waals surface area contributed by atoms with Gasteiger partial charge in [0.25, 0.3) is 0 Å². The van der Waals surface area contributed by atoms with Crippen LogP contribution >= 0.6 is 0 Å². The lowest BCUT2D eigenvalue weighted by Crippen LogP contribution is -2.32. The number of hydrogen-bond acceptors (Lipinski definition) is 3. The molecule has 1 aromatic carbocycles. The molecule has 0 N–H and O–H groups in total. The normalized spacial score (nSPS) is 16.5. The molecule has 0 spiro atoms. The molecule has 0 saturated heterocycles. The average Bonchev–Trinajstić information content (AvgIpc) is 2.50. The van der Waals surface area contributed by atoms with Gasteiger partial charge in [-0.05, 0) is 19.9 Å². The van der Waals surface area contributed by atoms with E-state index in [2.05, 4.69) is 24.8 Å². The Labute approximate surface area is 97.0 Å². The van der Waals surface area contributed by atoms with Crippen LogP contribution in [0.4, 0.5) is 0 Å². The van der Waals surface area contributed by atoms with Crippen molar-refractivity contribution >= 4 is 0 Å². The molecule has 0 aliphatic carbocycles. The summed E-state index contributed by atoms with van der Waals surface area (Å²) in [4.78, 5) is 2.41. The summed E-state index contributed by atoms with van der Waals surface area (Å²) in [6, 6.07) is 6.62. The van der Waals surface area contributed by atoms with E-state index in [4.69, 9.17) is 9.47 Å². The van der Waals surface area contributed by atoms with Gasteiger partial charge in [-0.25, -0.2) is 0 Å². The van der Waals surface area contributed by atoms with E-state index in [1.807, 2.05) is 12.1 Å². The topological polar surface area (TPSA) is 21.7 Å². The molecule has 0 bridgehead atoms. The third kappa shape index (κ3) is 2.14. The Morgan fingerprint density at radius 2 is 2.19 bits per heavy atom. The molecule has 2 rings (SSSR count). The molecule has 0 unspecified atom stereocenters. The number of methoxy groups -OCH3 is 1. The van der Waals surface area contributed by atoms with Crippen LogP contribution in [0.5, 0.6) is 11.5 Å². The summed E-state index contributed by atoms with van der Waals surface area (Å²) >= 11 is 0. The van der Waals surface area contributed by atoms with Crippen LogP contribution in [0.2, 0.25) is 0 Å². The largest absolute Gasteiger partial charge is 0.493 e. The minimum Gasteiger partial charge on any atom is -0.493 e. The maximum atomic E-state index is 5.78. The van der Waals surface area contributed by atoms with Gasteiger partial charge in [0.1, 0.15) is 6.61 Å². The Balaban J connectivity index is 2.31. The lowest BCUT2D eigenvalue weighted by molar-refractivity contribution is 0.187. The third-order valence-corrected chi connectivity index (χ3v) is 3.01. The highest BCUT2D eigenvalue weighted by atomic mass is 16.5. The van der Waals surface area contributed by atoms with E-state index in [1.54, 1.807) is 7.11 Å². The molecule has 1 heterocycles. The van der Waals surface area contributed by atoms with Crippen LogP contribution in [0.3, 0.4) is 0 Å². The van der Waals surface area contributed by atoms with Gasteiger partial charge in [-0.1, -0.05) is 12.1 Å². The molecule has 0 amide bonds. The molecule has 3 nitrogen and oxygen atoms in total. The van der Waals surface area contributed by atoms with E-state index in [1.165, 1.54) is 5.56 Å². The number of benzene rings is 1. The van der Waals surface area contributed by atoms with Crippen LogP contribution in [0.15, 0.2) is 18.2 Å². The van der Waals surface area contributed by atoms with Gasteiger partial charge in [-0.15, -0.1) is 0 Å². The molecular formula is C13H19NO2. The predicted molar refractivity (Wildman–Crippen MR) is 64.0 cm³/mol. The van der Waals surface area contributed by atoms with Crippen LogP contribution < -0.4 is 9.47 Å². The Morgan fingerprint density at radius 1 is 1.38 bits per heavy atom. The second-order valence-corrected chi connectivity index (χ2v) is 4.36. The molecule has 0 atom stereocenters. The molecule has 0 fully saturated rings. The molecule has 0 radical (unpaired) electrons. The smallest absolute Gasteiger partial charge is 0.165 e. The van der Waals surface area contributed by atoms with E-state index in [0.717, 1.165) is 31.2 Å². The standard InChI is InChI=1S/C13H19NO2/c1-10(2)14-7-8-16-13-11(9-14)5-4-6-12(13)15-3/h4-6,10H,7-9H2,1-3H3. The van der Waals surface area contributed by atoms with Gasteiger partial charge in [-0.3, -0.25) is 4.90 Å². The molecule has 1 aliphatic heterocycles. The fourth-order valence-electron chi connectivity index (χ4n) is 2.01. The Hall–Kier alpha value is -1.22. The van der Waals surface area contributed by atoms with Crippen molar-refractivity contribution in [1.82, 2.24) is 4.90 Å². The van der Waals surface area contributed by atoms with Crippen molar-refractivity contribution < 1.29 is 9.47 Å². The third-order valence-electron chi connectivity index (χ3n) is 3.01. The van der Waals surface area contributed by atoms with Gasteiger partial charge in [0.05, 0.1) is 7.11 Å². The predicted octanol–water partition coefficient (Wildman–Crippen LogP) is 2.30. The number of rotatable bonds is 2. The van der Waals surface area contributed by atoms with Gasteiger partial charge >= 0.3 is 0 Å². The lowest BCUT2D eigenvalue weighted by atomic mass is 10.1. The van der Waals surface area contributed by atoms with Gasteiger partial charge < -0.3 is 9.47 Å². The lowest BCUT2D eigenvalue weighted by Gasteiger charge is -2.23. The van der Waals surface area contributed by atoms with Crippen LogP contribution in [-0.4, -0.2) is 31.2 Å². The molecular weight excluding hydrogens is 202 g/mol. The highest BCUT2D eigenvalue weighted by Crippen LogP contribution is 2.33. The fraction of sp³-hybridized carbons (Fsp3) is 0.538. The minimum atomic E-state index is 0.542. The zero-order valence-electron chi connectivity index (χ0n) is 10.2.